The van der Waals surface area contributed by atoms with Gasteiger partial charge in [0, 0.05) is 6.20 Å². The van der Waals surface area contributed by atoms with E-state index in [0.29, 0.717) is 19.8 Å². The molecule has 0 aromatic carbocycles. The zero-order valence-electron chi connectivity index (χ0n) is 9.51. The Morgan fingerprint density at radius 1 is 1.38 bits per heavy atom. The van der Waals surface area contributed by atoms with Gasteiger partial charge in [0.25, 0.3) is 0 Å². The van der Waals surface area contributed by atoms with Crippen LogP contribution in [0.2, 0.25) is 0 Å². The van der Waals surface area contributed by atoms with Crippen LogP contribution in [-0.4, -0.2) is 46.5 Å². The molecular formula is C10H20N4O2. The molecule has 1 aromatic heterocycles. The first kappa shape index (κ1) is 13.1. The van der Waals surface area contributed by atoms with Crippen molar-refractivity contribution in [2.24, 2.45) is 5.73 Å². The fourth-order valence-electron chi connectivity index (χ4n) is 1.34. The van der Waals surface area contributed by atoms with E-state index in [2.05, 4.69) is 10.3 Å². The summed E-state index contributed by atoms with van der Waals surface area (Å²) in [5, 5.41) is 16.6. The summed E-state index contributed by atoms with van der Waals surface area (Å²) in [6, 6.07) is 0. The Morgan fingerprint density at radius 2 is 2.25 bits per heavy atom. The monoisotopic (exact) mass is 228 g/mol. The summed E-state index contributed by atoms with van der Waals surface area (Å²) in [5.74, 6) is 0. The molecule has 16 heavy (non-hydrogen) atoms. The number of aryl methyl sites for hydroxylation is 1. The molecule has 0 saturated carbocycles. The van der Waals surface area contributed by atoms with Gasteiger partial charge in [-0.3, -0.25) is 0 Å². The third-order valence-electron chi connectivity index (χ3n) is 2.17. The van der Waals surface area contributed by atoms with Gasteiger partial charge in [0.05, 0.1) is 32.1 Å². The van der Waals surface area contributed by atoms with Crippen molar-refractivity contribution >= 4 is 0 Å². The summed E-state index contributed by atoms with van der Waals surface area (Å²) in [6.45, 7) is 2.37. The number of nitrogens with two attached hydrogens (primary N) is 1. The van der Waals surface area contributed by atoms with E-state index in [0.717, 1.165) is 31.5 Å². The molecule has 1 rings (SSSR count). The van der Waals surface area contributed by atoms with Crippen LogP contribution < -0.4 is 5.73 Å². The van der Waals surface area contributed by atoms with E-state index in [1.54, 1.807) is 4.68 Å². The summed E-state index contributed by atoms with van der Waals surface area (Å²) in [5.41, 5.74) is 6.41. The molecule has 0 aliphatic rings. The highest BCUT2D eigenvalue weighted by Gasteiger charge is 2.00. The van der Waals surface area contributed by atoms with Gasteiger partial charge in [0.2, 0.25) is 0 Å². The largest absolute Gasteiger partial charge is 0.394 e. The quantitative estimate of drug-likeness (QED) is 0.560. The second-order valence-electron chi connectivity index (χ2n) is 3.55. The third kappa shape index (κ3) is 5.20. The van der Waals surface area contributed by atoms with Crippen LogP contribution in [0.1, 0.15) is 18.5 Å². The predicted molar refractivity (Wildman–Crippen MR) is 59.9 cm³/mol. The molecular weight excluding hydrogens is 208 g/mol. The van der Waals surface area contributed by atoms with Crippen LogP contribution in [0.25, 0.3) is 0 Å². The van der Waals surface area contributed by atoms with Gasteiger partial charge in [-0.2, -0.15) is 0 Å². The SMILES string of the molecule is NCCCCc1cn(CCOCCO)nn1. The Morgan fingerprint density at radius 3 is 3.00 bits per heavy atom. The molecule has 1 heterocycles. The number of hydrogen-bond donors (Lipinski definition) is 2. The predicted octanol–water partition coefficient (Wildman–Crippen LogP) is -0.432. The third-order valence-corrected chi connectivity index (χ3v) is 2.17. The van der Waals surface area contributed by atoms with Gasteiger partial charge in [-0.1, -0.05) is 5.21 Å². The van der Waals surface area contributed by atoms with Crippen molar-refractivity contribution in [3.63, 3.8) is 0 Å². The summed E-state index contributed by atoms with van der Waals surface area (Å²) in [7, 11) is 0. The fourth-order valence-corrected chi connectivity index (χ4v) is 1.34. The summed E-state index contributed by atoms with van der Waals surface area (Å²) in [6.07, 6.45) is 4.93. The summed E-state index contributed by atoms with van der Waals surface area (Å²) in [4.78, 5) is 0. The minimum Gasteiger partial charge on any atom is -0.394 e. The highest BCUT2D eigenvalue weighted by atomic mass is 16.5. The van der Waals surface area contributed by atoms with Crippen molar-refractivity contribution in [2.45, 2.75) is 25.8 Å². The minimum absolute atomic E-state index is 0.0572. The zero-order valence-corrected chi connectivity index (χ0v) is 9.51. The van der Waals surface area contributed by atoms with Gasteiger partial charge in [0.1, 0.15) is 0 Å². The number of unbranched alkanes of at least 4 members (excludes halogenated alkanes) is 1. The lowest BCUT2D eigenvalue weighted by Gasteiger charge is -2.00. The van der Waals surface area contributed by atoms with Crippen molar-refractivity contribution in [1.29, 1.82) is 0 Å². The maximum atomic E-state index is 8.52. The van der Waals surface area contributed by atoms with E-state index in [9.17, 15) is 0 Å². The van der Waals surface area contributed by atoms with Gasteiger partial charge >= 0.3 is 0 Å². The molecule has 0 amide bonds. The molecule has 0 saturated heterocycles. The lowest BCUT2D eigenvalue weighted by Crippen LogP contribution is -2.08. The van der Waals surface area contributed by atoms with Crippen molar-refractivity contribution in [3.8, 4) is 0 Å². The second-order valence-corrected chi connectivity index (χ2v) is 3.55. The van der Waals surface area contributed by atoms with Crippen LogP contribution in [0.15, 0.2) is 6.20 Å². The van der Waals surface area contributed by atoms with Gasteiger partial charge in [-0.05, 0) is 25.8 Å². The van der Waals surface area contributed by atoms with Crippen molar-refractivity contribution < 1.29 is 9.84 Å². The zero-order chi connectivity index (χ0) is 11.6. The average molecular weight is 228 g/mol. The number of ether oxygens (including phenoxy) is 1. The van der Waals surface area contributed by atoms with Crippen LogP contribution in [0.4, 0.5) is 0 Å². The first-order valence-corrected chi connectivity index (χ1v) is 5.64. The molecule has 0 unspecified atom stereocenters. The summed E-state index contributed by atoms with van der Waals surface area (Å²) >= 11 is 0. The van der Waals surface area contributed by atoms with Crippen molar-refractivity contribution in [2.75, 3.05) is 26.4 Å². The average Bonchev–Trinajstić information content (AvgIpc) is 2.73. The highest BCUT2D eigenvalue weighted by Crippen LogP contribution is 2.00. The lowest BCUT2D eigenvalue weighted by molar-refractivity contribution is 0.0851. The molecule has 0 bridgehead atoms. The molecule has 0 spiro atoms. The van der Waals surface area contributed by atoms with E-state index in [4.69, 9.17) is 15.6 Å². The maximum Gasteiger partial charge on any atom is 0.0827 e. The second kappa shape index (κ2) is 8.20. The normalized spacial score (nSPS) is 10.9. The molecule has 0 atom stereocenters. The van der Waals surface area contributed by atoms with Gasteiger partial charge < -0.3 is 15.6 Å². The Kier molecular flexibility index (Phi) is 6.71. The summed E-state index contributed by atoms with van der Waals surface area (Å²) < 4.78 is 6.90. The Labute approximate surface area is 95.4 Å². The van der Waals surface area contributed by atoms with Gasteiger partial charge in [-0.25, -0.2) is 4.68 Å². The molecule has 0 fully saturated rings. The van der Waals surface area contributed by atoms with Crippen LogP contribution in [-0.2, 0) is 17.7 Å². The molecule has 92 valence electrons. The van der Waals surface area contributed by atoms with Crippen molar-refractivity contribution in [3.05, 3.63) is 11.9 Å². The topological polar surface area (TPSA) is 86.2 Å². The molecule has 0 aliphatic heterocycles. The Balaban J connectivity index is 2.17. The molecule has 6 nitrogen and oxygen atoms in total. The van der Waals surface area contributed by atoms with E-state index in [1.807, 2.05) is 6.20 Å². The van der Waals surface area contributed by atoms with Crippen LogP contribution in [0.3, 0.4) is 0 Å². The minimum atomic E-state index is 0.0572. The maximum absolute atomic E-state index is 8.52. The molecule has 0 radical (unpaired) electrons. The molecule has 0 aliphatic carbocycles. The number of nitrogens with zero attached hydrogens (tertiary/aromatic N) is 3. The number of hydrogen-bond acceptors (Lipinski definition) is 5. The molecule has 1 aromatic rings. The standard InChI is InChI=1S/C10H20N4O2/c11-4-2-1-3-10-9-14(13-12-10)5-7-16-8-6-15/h9,15H,1-8,11H2. The molecule has 3 N–H and O–H groups in total. The first-order valence-electron chi connectivity index (χ1n) is 5.64. The van der Waals surface area contributed by atoms with Crippen LogP contribution >= 0.6 is 0 Å². The van der Waals surface area contributed by atoms with E-state index in [-0.39, 0.29) is 6.61 Å². The van der Waals surface area contributed by atoms with Gasteiger partial charge in [0.15, 0.2) is 0 Å². The number of rotatable bonds is 9. The highest BCUT2D eigenvalue weighted by molar-refractivity contribution is 4.92. The first-order chi connectivity index (χ1) is 7.86. The fraction of sp³-hybridized carbons (Fsp3) is 0.800. The van der Waals surface area contributed by atoms with Crippen LogP contribution in [0.5, 0.6) is 0 Å². The number of aromatic nitrogens is 3. The smallest absolute Gasteiger partial charge is 0.0827 e. The molecule has 6 heteroatoms. The lowest BCUT2D eigenvalue weighted by atomic mass is 10.2. The number of aliphatic hydroxyl groups is 1. The Hall–Kier alpha value is -0.980. The number of aliphatic hydroxyl groups excluding tert-OH is 1. The van der Waals surface area contributed by atoms with Crippen molar-refractivity contribution in [1.82, 2.24) is 15.0 Å². The van der Waals surface area contributed by atoms with E-state index in [1.165, 1.54) is 0 Å². The van der Waals surface area contributed by atoms with E-state index >= 15 is 0 Å². The Bertz CT molecular complexity index is 278. The van der Waals surface area contributed by atoms with E-state index < -0.39 is 0 Å². The van der Waals surface area contributed by atoms with Gasteiger partial charge in [-0.15, -0.1) is 5.10 Å². The van der Waals surface area contributed by atoms with Crippen LogP contribution in [0, 0.1) is 0 Å².